The molecule has 3 nitrogen and oxygen atoms in total. The number of hydrogen-bond acceptors (Lipinski definition) is 3. The average molecular weight is 277 g/mol. The van der Waals surface area contributed by atoms with Crippen LogP contribution in [0.4, 0.5) is 0 Å². The molecule has 21 heavy (non-hydrogen) atoms. The standard InChI is InChI=1S/C18H19N3/c1-2-13-7-9-15(10-8-13)17(21-19)18-16-6-4-3-5-14(16)11-12-20-18/h3-12,17,21H,2,19H2,1H3. The smallest absolute Gasteiger partial charge is 0.0887 e. The van der Waals surface area contributed by atoms with Crippen molar-refractivity contribution in [3.63, 3.8) is 0 Å². The fourth-order valence-corrected chi connectivity index (χ4v) is 2.65. The van der Waals surface area contributed by atoms with Gasteiger partial charge in [-0.1, -0.05) is 55.5 Å². The van der Waals surface area contributed by atoms with Gasteiger partial charge in [0, 0.05) is 11.6 Å². The van der Waals surface area contributed by atoms with Gasteiger partial charge in [-0.2, -0.15) is 0 Å². The molecule has 2 aromatic carbocycles. The van der Waals surface area contributed by atoms with E-state index in [2.05, 4.69) is 53.7 Å². The highest BCUT2D eigenvalue weighted by molar-refractivity contribution is 5.85. The Kier molecular flexibility index (Phi) is 3.95. The van der Waals surface area contributed by atoms with Crippen LogP contribution in [0.3, 0.4) is 0 Å². The summed E-state index contributed by atoms with van der Waals surface area (Å²) in [4.78, 5) is 4.55. The molecule has 0 amide bonds. The molecule has 1 atom stereocenters. The Morgan fingerprint density at radius 3 is 2.52 bits per heavy atom. The van der Waals surface area contributed by atoms with Gasteiger partial charge in [-0.05, 0) is 29.0 Å². The Balaban J connectivity index is 2.09. The lowest BCUT2D eigenvalue weighted by molar-refractivity contribution is 0.625. The number of nitrogens with zero attached hydrogens (tertiary/aromatic N) is 1. The number of pyridine rings is 1. The molecule has 1 aromatic heterocycles. The molecule has 0 radical (unpaired) electrons. The quantitative estimate of drug-likeness (QED) is 0.568. The average Bonchev–Trinajstić information content (AvgIpc) is 2.56. The first-order valence-electron chi connectivity index (χ1n) is 7.22. The fourth-order valence-electron chi connectivity index (χ4n) is 2.65. The van der Waals surface area contributed by atoms with Crippen LogP contribution in [0, 0.1) is 0 Å². The molecule has 0 saturated carbocycles. The van der Waals surface area contributed by atoms with Crippen molar-refractivity contribution in [3.05, 3.63) is 77.6 Å². The van der Waals surface area contributed by atoms with Crippen molar-refractivity contribution < 1.29 is 0 Å². The summed E-state index contributed by atoms with van der Waals surface area (Å²) in [7, 11) is 0. The van der Waals surface area contributed by atoms with Gasteiger partial charge in [0.2, 0.25) is 0 Å². The summed E-state index contributed by atoms with van der Waals surface area (Å²) in [5.41, 5.74) is 6.30. The molecule has 0 spiro atoms. The first-order chi connectivity index (χ1) is 10.3. The van der Waals surface area contributed by atoms with Gasteiger partial charge in [0.05, 0.1) is 11.7 Å². The lowest BCUT2D eigenvalue weighted by Crippen LogP contribution is -2.29. The Bertz CT molecular complexity index is 730. The van der Waals surface area contributed by atoms with Crippen LogP contribution in [0.25, 0.3) is 10.8 Å². The molecule has 1 heterocycles. The molecule has 0 fully saturated rings. The predicted octanol–water partition coefficient (Wildman–Crippen LogP) is 3.35. The molecule has 0 aliphatic heterocycles. The van der Waals surface area contributed by atoms with Gasteiger partial charge < -0.3 is 0 Å². The molecule has 0 aliphatic carbocycles. The minimum absolute atomic E-state index is 0.109. The number of hydrogen-bond donors (Lipinski definition) is 2. The zero-order valence-electron chi connectivity index (χ0n) is 12.1. The fraction of sp³-hybridized carbons (Fsp3) is 0.167. The lowest BCUT2D eigenvalue weighted by atomic mass is 9.98. The van der Waals surface area contributed by atoms with Crippen molar-refractivity contribution >= 4 is 10.8 Å². The molecular formula is C18H19N3. The van der Waals surface area contributed by atoms with Gasteiger partial charge in [-0.15, -0.1) is 0 Å². The van der Waals surface area contributed by atoms with Crippen LogP contribution in [-0.4, -0.2) is 4.98 Å². The van der Waals surface area contributed by atoms with E-state index in [-0.39, 0.29) is 6.04 Å². The second kappa shape index (κ2) is 6.04. The van der Waals surface area contributed by atoms with E-state index in [1.54, 1.807) is 0 Å². The van der Waals surface area contributed by atoms with Crippen LogP contribution < -0.4 is 11.3 Å². The third kappa shape index (κ3) is 2.66. The zero-order valence-corrected chi connectivity index (χ0v) is 12.1. The van der Waals surface area contributed by atoms with Crippen LogP contribution in [0.15, 0.2) is 60.8 Å². The molecule has 1 unspecified atom stereocenters. The van der Waals surface area contributed by atoms with E-state index < -0.39 is 0 Å². The Morgan fingerprint density at radius 1 is 1.05 bits per heavy atom. The van der Waals surface area contributed by atoms with Crippen molar-refractivity contribution in [2.24, 2.45) is 5.84 Å². The summed E-state index contributed by atoms with van der Waals surface area (Å²) in [6.45, 7) is 2.15. The molecule has 3 heteroatoms. The minimum atomic E-state index is -0.109. The normalized spacial score (nSPS) is 12.5. The van der Waals surface area contributed by atoms with Gasteiger partial charge >= 0.3 is 0 Å². The van der Waals surface area contributed by atoms with E-state index in [0.29, 0.717) is 0 Å². The topological polar surface area (TPSA) is 50.9 Å². The predicted molar refractivity (Wildman–Crippen MR) is 86.7 cm³/mol. The first-order valence-corrected chi connectivity index (χ1v) is 7.22. The molecule has 3 N–H and O–H groups in total. The highest BCUT2D eigenvalue weighted by Gasteiger charge is 2.16. The van der Waals surface area contributed by atoms with Crippen LogP contribution in [0.2, 0.25) is 0 Å². The van der Waals surface area contributed by atoms with E-state index in [0.717, 1.165) is 23.1 Å². The molecular weight excluding hydrogens is 258 g/mol. The first kappa shape index (κ1) is 13.7. The Labute approximate surface area is 124 Å². The number of aryl methyl sites for hydroxylation is 1. The molecule has 3 aromatic rings. The number of nitrogens with two attached hydrogens (primary N) is 1. The van der Waals surface area contributed by atoms with Gasteiger partial charge in [0.25, 0.3) is 0 Å². The third-order valence-electron chi connectivity index (χ3n) is 3.87. The number of aromatic nitrogens is 1. The van der Waals surface area contributed by atoms with E-state index in [1.165, 1.54) is 10.9 Å². The van der Waals surface area contributed by atoms with Gasteiger partial charge in [0.1, 0.15) is 0 Å². The lowest BCUT2D eigenvalue weighted by Gasteiger charge is -2.18. The van der Waals surface area contributed by atoms with Gasteiger partial charge in [-0.25, -0.2) is 5.43 Å². The summed E-state index contributed by atoms with van der Waals surface area (Å²) in [5.74, 6) is 5.81. The van der Waals surface area contributed by atoms with E-state index in [1.807, 2.05) is 24.4 Å². The maximum atomic E-state index is 5.81. The van der Waals surface area contributed by atoms with Crippen molar-refractivity contribution in [1.29, 1.82) is 0 Å². The van der Waals surface area contributed by atoms with Crippen LogP contribution in [-0.2, 0) is 6.42 Å². The second-order valence-corrected chi connectivity index (χ2v) is 5.11. The largest absolute Gasteiger partial charge is 0.271 e. The Hall–Kier alpha value is -2.23. The number of benzene rings is 2. The zero-order chi connectivity index (χ0) is 14.7. The summed E-state index contributed by atoms with van der Waals surface area (Å²) in [6.07, 6.45) is 2.87. The number of hydrazine groups is 1. The van der Waals surface area contributed by atoms with Crippen molar-refractivity contribution in [2.45, 2.75) is 19.4 Å². The van der Waals surface area contributed by atoms with Crippen molar-refractivity contribution in [2.75, 3.05) is 0 Å². The van der Waals surface area contributed by atoms with Crippen LogP contribution >= 0.6 is 0 Å². The monoisotopic (exact) mass is 277 g/mol. The van der Waals surface area contributed by atoms with Gasteiger partial charge in [0.15, 0.2) is 0 Å². The minimum Gasteiger partial charge on any atom is -0.271 e. The highest BCUT2D eigenvalue weighted by Crippen LogP contribution is 2.26. The molecule has 0 aliphatic rings. The SMILES string of the molecule is CCc1ccc(C(NN)c2nccc3ccccc23)cc1. The summed E-state index contributed by atoms with van der Waals surface area (Å²) in [6, 6.07) is 18.7. The van der Waals surface area contributed by atoms with E-state index >= 15 is 0 Å². The second-order valence-electron chi connectivity index (χ2n) is 5.11. The summed E-state index contributed by atoms with van der Waals surface area (Å²) in [5, 5.41) is 2.30. The third-order valence-corrected chi connectivity index (χ3v) is 3.87. The van der Waals surface area contributed by atoms with Crippen LogP contribution in [0.1, 0.15) is 29.8 Å². The van der Waals surface area contributed by atoms with Crippen molar-refractivity contribution in [1.82, 2.24) is 10.4 Å². The highest BCUT2D eigenvalue weighted by atomic mass is 15.2. The number of rotatable bonds is 4. The van der Waals surface area contributed by atoms with Crippen LogP contribution in [0.5, 0.6) is 0 Å². The molecule has 0 saturated heterocycles. The molecule has 0 bridgehead atoms. The molecule has 106 valence electrons. The van der Waals surface area contributed by atoms with Gasteiger partial charge in [-0.3, -0.25) is 10.8 Å². The number of nitrogens with one attached hydrogen (secondary N) is 1. The van der Waals surface area contributed by atoms with Crippen molar-refractivity contribution in [3.8, 4) is 0 Å². The molecule has 3 rings (SSSR count). The number of fused-ring (bicyclic) bond motifs is 1. The maximum Gasteiger partial charge on any atom is 0.0887 e. The maximum absolute atomic E-state index is 5.81. The van der Waals surface area contributed by atoms with E-state index in [4.69, 9.17) is 5.84 Å². The van der Waals surface area contributed by atoms with E-state index in [9.17, 15) is 0 Å². The Morgan fingerprint density at radius 2 is 1.81 bits per heavy atom. The summed E-state index contributed by atoms with van der Waals surface area (Å²) >= 11 is 0. The summed E-state index contributed by atoms with van der Waals surface area (Å²) < 4.78 is 0.